The molecule has 1 aliphatic heterocycles. The summed E-state index contributed by atoms with van der Waals surface area (Å²) in [5.74, 6) is 0.762. The number of ether oxygens (including phenoxy) is 2. The Morgan fingerprint density at radius 1 is 1.26 bits per heavy atom. The Balaban J connectivity index is 2.07. The molecule has 0 spiro atoms. The Bertz CT molecular complexity index is 674. The van der Waals surface area contributed by atoms with Gasteiger partial charge in [0.1, 0.15) is 0 Å². The van der Waals surface area contributed by atoms with Gasteiger partial charge in [0.25, 0.3) is 5.91 Å². The lowest BCUT2D eigenvalue weighted by Gasteiger charge is -2.31. The van der Waals surface area contributed by atoms with Gasteiger partial charge in [0.05, 0.1) is 20.5 Å². The summed E-state index contributed by atoms with van der Waals surface area (Å²) in [6.07, 6.45) is 2.67. The zero-order chi connectivity index (χ0) is 17.0. The molecule has 0 saturated carbocycles. The summed E-state index contributed by atoms with van der Waals surface area (Å²) >= 11 is 0. The quantitative estimate of drug-likeness (QED) is 0.858. The van der Waals surface area contributed by atoms with Crippen molar-refractivity contribution in [1.82, 2.24) is 9.62 Å². The van der Waals surface area contributed by atoms with E-state index in [1.54, 1.807) is 18.2 Å². The maximum Gasteiger partial charge on any atom is 0.251 e. The number of nitrogens with one attached hydrogen (secondary N) is 1. The monoisotopic (exact) mass is 342 g/mol. The number of carbonyl (C=O) groups excluding carboxylic acids is 1. The average molecular weight is 342 g/mol. The number of rotatable bonds is 5. The molecule has 1 N–H and O–H groups in total. The predicted octanol–water partition coefficient (Wildman–Crippen LogP) is 0.858. The van der Waals surface area contributed by atoms with Crippen molar-refractivity contribution in [3.63, 3.8) is 0 Å². The second-order valence-electron chi connectivity index (χ2n) is 5.50. The molecular formula is C15H22N2O5S. The first-order valence-electron chi connectivity index (χ1n) is 7.33. The highest BCUT2D eigenvalue weighted by Gasteiger charge is 2.27. The van der Waals surface area contributed by atoms with Gasteiger partial charge in [-0.05, 0) is 31.0 Å². The molecule has 1 heterocycles. The topological polar surface area (TPSA) is 84.9 Å². The van der Waals surface area contributed by atoms with Crippen molar-refractivity contribution < 1.29 is 22.7 Å². The minimum atomic E-state index is -3.23. The van der Waals surface area contributed by atoms with Crippen LogP contribution in [0.15, 0.2) is 18.2 Å². The Kier molecular flexibility index (Phi) is 5.48. The van der Waals surface area contributed by atoms with Crippen molar-refractivity contribution in [1.29, 1.82) is 0 Å². The number of piperidine rings is 1. The van der Waals surface area contributed by atoms with Crippen molar-refractivity contribution in [3.05, 3.63) is 23.8 Å². The van der Waals surface area contributed by atoms with Crippen LogP contribution in [0.1, 0.15) is 23.2 Å². The van der Waals surface area contributed by atoms with Gasteiger partial charge in [-0.3, -0.25) is 4.79 Å². The standard InChI is InChI=1S/C15H22N2O5S/c1-21-13-7-6-11(9-14(13)22-2)15(18)16-12-5-4-8-17(10-12)23(3,19)20/h6-7,9,12H,4-5,8,10H2,1-3H3,(H,16,18). The van der Waals surface area contributed by atoms with Crippen molar-refractivity contribution in [2.75, 3.05) is 33.6 Å². The minimum absolute atomic E-state index is 0.195. The van der Waals surface area contributed by atoms with Crippen molar-refractivity contribution in [2.24, 2.45) is 0 Å². The van der Waals surface area contributed by atoms with E-state index in [4.69, 9.17) is 9.47 Å². The second-order valence-corrected chi connectivity index (χ2v) is 7.49. The van der Waals surface area contributed by atoms with E-state index in [0.717, 1.165) is 12.8 Å². The largest absolute Gasteiger partial charge is 0.493 e. The number of carbonyl (C=O) groups is 1. The van der Waals surface area contributed by atoms with Crippen LogP contribution >= 0.6 is 0 Å². The number of amides is 1. The van der Waals surface area contributed by atoms with Gasteiger partial charge in [0.15, 0.2) is 11.5 Å². The molecule has 1 atom stereocenters. The van der Waals surface area contributed by atoms with Gasteiger partial charge in [-0.15, -0.1) is 0 Å². The third-order valence-corrected chi connectivity index (χ3v) is 5.10. The molecule has 1 aromatic carbocycles. The van der Waals surface area contributed by atoms with Crippen LogP contribution in [0.3, 0.4) is 0 Å². The van der Waals surface area contributed by atoms with E-state index in [-0.39, 0.29) is 11.9 Å². The molecule has 8 heteroatoms. The molecule has 1 aromatic rings. The summed E-state index contributed by atoms with van der Waals surface area (Å²) in [5, 5.41) is 2.88. The number of methoxy groups -OCH3 is 2. The zero-order valence-electron chi connectivity index (χ0n) is 13.5. The summed E-state index contributed by atoms with van der Waals surface area (Å²) in [6.45, 7) is 0.805. The molecule has 0 radical (unpaired) electrons. The molecule has 7 nitrogen and oxygen atoms in total. The fraction of sp³-hybridized carbons (Fsp3) is 0.533. The third kappa shape index (κ3) is 4.35. The molecule has 23 heavy (non-hydrogen) atoms. The highest BCUT2D eigenvalue weighted by Crippen LogP contribution is 2.27. The van der Waals surface area contributed by atoms with E-state index in [0.29, 0.717) is 30.2 Å². The first-order valence-corrected chi connectivity index (χ1v) is 9.18. The third-order valence-electron chi connectivity index (χ3n) is 3.83. The lowest BCUT2D eigenvalue weighted by molar-refractivity contribution is 0.0921. The normalized spacial score (nSPS) is 19.2. The van der Waals surface area contributed by atoms with E-state index in [1.807, 2.05) is 0 Å². The smallest absolute Gasteiger partial charge is 0.251 e. The van der Waals surface area contributed by atoms with Gasteiger partial charge in [-0.1, -0.05) is 0 Å². The summed E-state index contributed by atoms with van der Waals surface area (Å²) < 4.78 is 35.0. The summed E-state index contributed by atoms with van der Waals surface area (Å²) in [6, 6.07) is 4.72. The lowest BCUT2D eigenvalue weighted by Crippen LogP contribution is -2.49. The molecule has 0 aromatic heterocycles. The number of nitrogens with zero attached hydrogens (tertiary/aromatic N) is 1. The van der Waals surface area contributed by atoms with E-state index < -0.39 is 10.0 Å². The maximum atomic E-state index is 12.4. The van der Waals surface area contributed by atoms with Gasteiger partial charge < -0.3 is 14.8 Å². The van der Waals surface area contributed by atoms with Gasteiger partial charge in [0, 0.05) is 24.7 Å². The second kappa shape index (κ2) is 7.18. The van der Waals surface area contributed by atoms with Crippen molar-refractivity contribution in [2.45, 2.75) is 18.9 Å². The Morgan fingerprint density at radius 2 is 1.96 bits per heavy atom. The van der Waals surface area contributed by atoms with Gasteiger partial charge >= 0.3 is 0 Å². The van der Waals surface area contributed by atoms with Crippen molar-refractivity contribution in [3.8, 4) is 11.5 Å². The molecule has 1 amide bonds. The fourth-order valence-electron chi connectivity index (χ4n) is 2.61. The Morgan fingerprint density at radius 3 is 2.57 bits per heavy atom. The van der Waals surface area contributed by atoms with Gasteiger partial charge in [-0.2, -0.15) is 0 Å². The van der Waals surface area contributed by atoms with Crippen LogP contribution in [0, 0.1) is 0 Å². The van der Waals surface area contributed by atoms with Crippen LogP contribution in [0.4, 0.5) is 0 Å². The number of hydrogen-bond donors (Lipinski definition) is 1. The molecule has 1 saturated heterocycles. The van der Waals surface area contributed by atoms with Crippen LogP contribution in [0.25, 0.3) is 0 Å². The Hall–Kier alpha value is -1.80. The highest BCUT2D eigenvalue weighted by molar-refractivity contribution is 7.88. The van der Waals surface area contributed by atoms with E-state index in [1.165, 1.54) is 24.8 Å². The first-order chi connectivity index (χ1) is 10.8. The SMILES string of the molecule is COc1ccc(C(=O)NC2CCCN(S(C)(=O)=O)C2)cc1OC. The molecule has 0 bridgehead atoms. The summed E-state index contributed by atoms with van der Waals surface area (Å²) in [5.41, 5.74) is 0.444. The number of hydrogen-bond acceptors (Lipinski definition) is 5. The maximum absolute atomic E-state index is 12.4. The minimum Gasteiger partial charge on any atom is -0.493 e. The molecule has 1 unspecified atom stereocenters. The molecule has 0 aliphatic carbocycles. The van der Waals surface area contributed by atoms with E-state index in [9.17, 15) is 13.2 Å². The first kappa shape index (κ1) is 17.6. The van der Waals surface area contributed by atoms with Gasteiger partial charge in [-0.25, -0.2) is 12.7 Å². The lowest BCUT2D eigenvalue weighted by atomic mass is 10.1. The number of benzene rings is 1. The van der Waals surface area contributed by atoms with Crippen LogP contribution in [-0.2, 0) is 10.0 Å². The molecular weight excluding hydrogens is 320 g/mol. The van der Waals surface area contributed by atoms with Crippen LogP contribution in [-0.4, -0.2) is 58.2 Å². The molecule has 2 rings (SSSR count). The summed E-state index contributed by atoms with van der Waals surface area (Å²) in [4.78, 5) is 12.4. The highest BCUT2D eigenvalue weighted by atomic mass is 32.2. The van der Waals surface area contributed by atoms with Gasteiger partial charge in [0.2, 0.25) is 10.0 Å². The summed E-state index contributed by atoms with van der Waals surface area (Å²) in [7, 11) is -0.202. The molecule has 1 fully saturated rings. The molecule has 128 valence electrons. The van der Waals surface area contributed by atoms with Crippen LogP contribution in [0.2, 0.25) is 0 Å². The van der Waals surface area contributed by atoms with Crippen molar-refractivity contribution >= 4 is 15.9 Å². The predicted molar refractivity (Wildman–Crippen MR) is 86.5 cm³/mol. The van der Waals surface area contributed by atoms with Crippen LogP contribution in [0.5, 0.6) is 11.5 Å². The zero-order valence-corrected chi connectivity index (χ0v) is 14.4. The van der Waals surface area contributed by atoms with E-state index in [2.05, 4.69) is 5.32 Å². The van der Waals surface area contributed by atoms with Crippen LogP contribution < -0.4 is 14.8 Å². The van der Waals surface area contributed by atoms with E-state index >= 15 is 0 Å². The molecule has 1 aliphatic rings. The fourth-order valence-corrected chi connectivity index (χ4v) is 3.52. The average Bonchev–Trinajstić information content (AvgIpc) is 2.53. The number of sulfonamides is 1. The Labute approximate surface area is 136 Å².